The van der Waals surface area contributed by atoms with Crippen LogP contribution in [0, 0.1) is 6.92 Å². The lowest BCUT2D eigenvalue weighted by Crippen LogP contribution is -2.38. The maximum Gasteiger partial charge on any atom is 0.265 e. The van der Waals surface area contributed by atoms with Crippen molar-refractivity contribution in [3.8, 4) is 0 Å². The molecule has 1 N–H and O–H groups in total. The smallest absolute Gasteiger partial charge is 0.265 e. The van der Waals surface area contributed by atoms with E-state index in [0.29, 0.717) is 40.9 Å². The molecule has 28 heavy (non-hydrogen) atoms. The van der Waals surface area contributed by atoms with Gasteiger partial charge < -0.3 is 14.7 Å². The van der Waals surface area contributed by atoms with Crippen molar-refractivity contribution < 1.29 is 14.1 Å². The third kappa shape index (κ3) is 3.96. The van der Waals surface area contributed by atoms with Crippen LogP contribution in [0.4, 0.5) is 5.69 Å². The lowest BCUT2D eigenvalue weighted by Gasteiger charge is -2.30. The van der Waals surface area contributed by atoms with Crippen molar-refractivity contribution in [1.82, 2.24) is 15.0 Å². The average molecular weight is 396 g/mol. The third-order valence-electron chi connectivity index (χ3n) is 4.81. The van der Waals surface area contributed by atoms with Crippen LogP contribution in [0.1, 0.15) is 50.5 Å². The molecule has 4 rings (SSSR count). The second kappa shape index (κ2) is 7.93. The van der Waals surface area contributed by atoms with Gasteiger partial charge in [-0.3, -0.25) is 9.59 Å². The Kier molecular flexibility index (Phi) is 5.21. The molecule has 2 amide bonds. The predicted molar refractivity (Wildman–Crippen MR) is 106 cm³/mol. The van der Waals surface area contributed by atoms with Gasteiger partial charge in [0.05, 0.1) is 4.88 Å². The van der Waals surface area contributed by atoms with Gasteiger partial charge in [0.1, 0.15) is 0 Å². The Bertz CT molecular complexity index is 958. The van der Waals surface area contributed by atoms with Crippen LogP contribution in [0.15, 0.2) is 46.3 Å². The first-order valence-corrected chi connectivity index (χ1v) is 10.0. The quantitative estimate of drug-likeness (QED) is 0.726. The Morgan fingerprint density at radius 2 is 1.93 bits per heavy atom. The number of anilines is 1. The van der Waals surface area contributed by atoms with Gasteiger partial charge in [-0.15, -0.1) is 11.3 Å². The number of benzene rings is 1. The number of nitrogens with one attached hydrogen (secondary N) is 1. The van der Waals surface area contributed by atoms with E-state index in [1.54, 1.807) is 37.3 Å². The first-order chi connectivity index (χ1) is 13.6. The molecule has 2 aromatic heterocycles. The largest absolute Gasteiger partial charge is 0.339 e. The van der Waals surface area contributed by atoms with E-state index >= 15 is 0 Å². The molecule has 0 atom stereocenters. The van der Waals surface area contributed by atoms with E-state index in [4.69, 9.17) is 4.52 Å². The van der Waals surface area contributed by atoms with Crippen molar-refractivity contribution in [3.05, 3.63) is 63.9 Å². The number of aryl methyl sites for hydroxylation is 1. The van der Waals surface area contributed by atoms with Crippen LogP contribution in [0.25, 0.3) is 0 Å². The van der Waals surface area contributed by atoms with Gasteiger partial charge >= 0.3 is 0 Å². The summed E-state index contributed by atoms with van der Waals surface area (Å²) in [4.78, 5) is 31.7. The van der Waals surface area contributed by atoms with Crippen LogP contribution in [0.2, 0.25) is 0 Å². The van der Waals surface area contributed by atoms with Crippen molar-refractivity contribution >= 4 is 28.8 Å². The van der Waals surface area contributed by atoms with Crippen molar-refractivity contribution in [2.45, 2.75) is 25.7 Å². The Hall–Kier alpha value is -3.00. The monoisotopic (exact) mass is 396 g/mol. The van der Waals surface area contributed by atoms with Crippen LogP contribution in [-0.2, 0) is 0 Å². The van der Waals surface area contributed by atoms with Gasteiger partial charge in [0.25, 0.3) is 11.8 Å². The number of carbonyl (C=O) groups is 2. The number of hydrogen-bond acceptors (Lipinski definition) is 6. The zero-order valence-electron chi connectivity index (χ0n) is 15.4. The Balaban J connectivity index is 1.34. The summed E-state index contributed by atoms with van der Waals surface area (Å²) in [6.45, 7) is 3.11. The molecule has 0 bridgehead atoms. The van der Waals surface area contributed by atoms with E-state index in [2.05, 4.69) is 15.5 Å². The summed E-state index contributed by atoms with van der Waals surface area (Å²) in [7, 11) is 0. The van der Waals surface area contributed by atoms with Crippen molar-refractivity contribution in [2.75, 3.05) is 18.4 Å². The van der Waals surface area contributed by atoms with Crippen LogP contribution in [0.3, 0.4) is 0 Å². The molecule has 3 aromatic rings. The van der Waals surface area contributed by atoms with E-state index in [9.17, 15) is 9.59 Å². The molecule has 8 heteroatoms. The molecule has 1 aromatic carbocycles. The fourth-order valence-electron chi connectivity index (χ4n) is 3.29. The molecule has 3 heterocycles. The summed E-state index contributed by atoms with van der Waals surface area (Å²) in [6.07, 6.45) is 1.62. The number of aromatic nitrogens is 2. The van der Waals surface area contributed by atoms with Gasteiger partial charge in [0.15, 0.2) is 5.82 Å². The molecule has 144 valence electrons. The second-order valence-electron chi connectivity index (χ2n) is 6.76. The van der Waals surface area contributed by atoms with Crippen molar-refractivity contribution in [1.29, 1.82) is 0 Å². The highest BCUT2D eigenvalue weighted by Gasteiger charge is 2.27. The number of nitrogens with zero attached hydrogens (tertiary/aromatic N) is 3. The zero-order chi connectivity index (χ0) is 19.5. The summed E-state index contributed by atoms with van der Waals surface area (Å²) < 4.78 is 5.26. The molecule has 0 aliphatic carbocycles. The molecule has 0 radical (unpaired) electrons. The van der Waals surface area contributed by atoms with Gasteiger partial charge in [-0.2, -0.15) is 4.98 Å². The zero-order valence-corrected chi connectivity index (χ0v) is 16.2. The highest BCUT2D eigenvalue weighted by molar-refractivity contribution is 7.12. The van der Waals surface area contributed by atoms with E-state index in [0.717, 1.165) is 12.8 Å². The van der Waals surface area contributed by atoms with Crippen LogP contribution in [-0.4, -0.2) is 39.9 Å². The van der Waals surface area contributed by atoms with Crippen LogP contribution < -0.4 is 5.32 Å². The summed E-state index contributed by atoms with van der Waals surface area (Å²) in [6, 6.07) is 10.6. The predicted octanol–water partition coefficient (Wildman–Crippen LogP) is 3.71. The number of hydrogen-bond donors (Lipinski definition) is 1. The Morgan fingerprint density at radius 3 is 2.54 bits per heavy atom. The highest BCUT2D eigenvalue weighted by Crippen LogP contribution is 2.27. The number of rotatable bonds is 4. The Morgan fingerprint density at radius 1 is 1.18 bits per heavy atom. The molecule has 0 spiro atoms. The Labute approximate surface area is 166 Å². The molecule has 1 fully saturated rings. The van der Waals surface area contributed by atoms with Crippen LogP contribution in [0.5, 0.6) is 0 Å². The second-order valence-corrected chi connectivity index (χ2v) is 7.70. The molecular weight excluding hydrogens is 376 g/mol. The lowest BCUT2D eigenvalue weighted by atomic mass is 9.96. The highest BCUT2D eigenvalue weighted by atomic mass is 32.1. The van der Waals surface area contributed by atoms with Gasteiger partial charge in [0.2, 0.25) is 5.89 Å². The summed E-state index contributed by atoms with van der Waals surface area (Å²) in [5.74, 6) is 1.36. The number of amides is 2. The summed E-state index contributed by atoms with van der Waals surface area (Å²) in [5, 5.41) is 8.54. The molecule has 0 unspecified atom stereocenters. The maximum atomic E-state index is 12.8. The molecular formula is C20H20N4O3S. The number of likely N-dealkylation sites (tertiary alicyclic amines) is 1. The molecule has 1 aliphatic rings. The fourth-order valence-corrected chi connectivity index (χ4v) is 3.91. The standard InChI is InChI=1S/C20H20N4O3S/c1-13-21-19(27-23-13)14-8-10-24(11-9-14)20(26)15-4-6-16(7-5-15)22-18(25)17-3-2-12-28-17/h2-7,12,14H,8-11H2,1H3,(H,22,25). The minimum absolute atomic E-state index is 0.00343. The lowest BCUT2D eigenvalue weighted by molar-refractivity contribution is 0.0704. The maximum absolute atomic E-state index is 12.8. The van der Waals surface area contributed by atoms with E-state index in [1.807, 2.05) is 16.3 Å². The van der Waals surface area contributed by atoms with Crippen LogP contribution >= 0.6 is 11.3 Å². The van der Waals surface area contributed by atoms with Gasteiger partial charge in [0, 0.05) is 30.3 Å². The molecule has 0 saturated carbocycles. The fraction of sp³-hybridized carbons (Fsp3) is 0.300. The van der Waals surface area contributed by atoms with E-state index in [-0.39, 0.29) is 17.7 Å². The van der Waals surface area contributed by atoms with Gasteiger partial charge in [-0.25, -0.2) is 0 Å². The SMILES string of the molecule is Cc1noc(C2CCN(C(=O)c3ccc(NC(=O)c4cccs4)cc3)CC2)n1. The van der Waals surface area contributed by atoms with E-state index < -0.39 is 0 Å². The first kappa shape index (κ1) is 18.4. The average Bonchev–Trinajstić information content (AvgIpc) is 3.40. The van der Waals surface area contributed by atoms with Gasteiger partial charge in [-0.1, -0.05) is 11.2 Å². The molecule has 7 nitrogen and oxygen atoms in total. The summed E-state index contributed by atoms with van der Waals surface area (Å²) in [5.41, 5.74) is 1.28. The number of carbonyl (C=O) groups excluding carboxylic acids is 2. The van der Waals surface area contributed by atoms with Crippen molar-refractivity contribution in [3.63, 3.8) is 0 Å². The minimum Gasteiger partial charge on any atom is -0.339 e. The minimum atomic E-state index is -0.146. The third-order valence-corrected chi connectivity index (χ3v) is 5.68. The topological polar surface area (TPSA) is 88.3 Å². The van der Waals surface area contributed by atoms with Gasteiger partial charge in [-0.05, 0) is 55.5 Å². The number of piperidine rings is 1. The normalized spacial score (nSPS) is 14.8. The van der Waals surface area contributed by atoms with E-state index in [1.165, 1.54) is 11.3 Å². The summed E-state index contributed by atoms with van der Waals surface area (Å²) >= 11 is 1.39. The molecule has 1 saturated heterocycles. The first-order valence-electron chi connectivity index (χ1n) is 9.14. The van der Waals surface area contributed by atoms with Crippen molar-refractivity contribution in [2.24, 2.45) is 0 Å². The number of thiophene rings is 1. The molecule has 1 aliphatic heterocycles.